The average molecular weight is 417 g/mol. The number of rotatable bonds is 7. The van der Waals surface area contributed by atoms with Crippen LogP contribution in [0.4, 0.5) is 10.1 Å². The predicted octanol–water partition coefficient (Wildman–Crippen LogP) is 2.69. The summed E-state index contributed by atoms with van der Waals surface area (Å²) in [7, 11) is -3.81. The van der Waals surface area contributed by atoms with Crippen molar-refractivity contribution in [2.24, 2.45) is 0 Å². The highest BCUT2D eigenvalue weighted by atomic mass is 32.2. The highest BCUT2D eigenvalue weighted by Gasteiger charge is 2.24. The van der Waals surface area contributed by atoms with Crippen LogP contribution in [0.5, 0.6) is 0 Å². The van der Waals surface area contributed by atoms with Gasteiger partial charge in [-0.2, -0.15) is 9.40 Å². The molecule has 3 aromatic rings. The predicted molar refractivity (Wildman–Crippen MR) is 106 cm³/mol. The minimum Gasteiger partial charge on any atom is -0.320 e. The van der Waals surface area contributed by atoms with Gasteiger partial charge in [-0.1, -0.05) is 13.8 Å². The highest BCUT2D eigenvalue weighted by Crippen LogP contribution is 2.20. The number of pyridine rings is 1. The van der Waals surface area contributed by atoms with E-state index in [0.29, 0.717) is 11.5 Å². The van der Waals surface area contributed by atoms with Crippen molar-refractivity contribution in [2.75, 3.05) is 18.4 Å². The lowest BCUT2D eigenvalue weighted by atomic mass is 10.2. The van der Waals surface area contributed by atoms with E-state index in [0.717, 1.165) is 18.2 Å². The van der Waals surface area contributed by atoms with Gasteiger partial charge in [-0.15, -0.1) is 0 Å². The second-order valence-electron chi connectivity index (χ2n) is 6.04. The normalized spacial score (nSPS) is 11.6. The summed E-state index contributed by atoms with van der Waals surface area (Å²) in [5.74, 6) is -1.04. The van der Waals surface area contributed by atoms with E-state index in [1.54, 1.807) is 49.1 Å². The molecule has 0 spiro atoms. The van der Waals surface area contributed by atoms with E-state index in [4.69, 9.17) is 0 Å². The van der Waals surface area contributed by atoms with Crippen LogP contribution in [0.15, 0.2) is 59.9 Å². The van der Waals surface area contributed by atoms with Gasteiger partial charge in [0.05, 0.1) is 22.3 Å². The Morgan fingerprint density at radius 1 is 1.21 bits per heavy atom. The lowest BCUT2D eigenvalue weighted by molar-refractivity contribution is 0.102. The van der Waals surface area contributed by atoms with Crippen molar-refractivity contribution < 1.29 is 17.6 Å². The molecule has 0 bridgehead atoms. The number of hydrogen-bond donors (Lipinski definition) is 1. The van der Waals surface area contributed by atoms with Gasteiger partial charge in [-0.25, -0.2) is 22.5 Å². The Hall–Kier alpha value is -3.11. The first-order valence-corrected chi connectivity index (χ1v) is 10.4. The monoisotopic (exact) mass is 417 g/mol. The SMILES string of the molecule is CCN(CC)S(=O)(=O)c1ccc(F)c(C(=O)Nc2ccc(-n3cccn3)nc2)c1. The Labute approximate surface area is 168 Å². The Kier molecular flexibility index (Phi) is 6.04. The highest BCUT2D eigenvalue weighted by molar-refractivity contribution is 7.89. The minimum atomic E-state index is -3.81. The molecule has 10 heteroatoms. The molecule has 0 aliphatic heterocycles. The molecule has 2 heterocycles. The van der Waals surface area contributed by atoms with Gasteiger partial charge in [0, 0.05) is 25.5 Å². The second kappa shape index (κ2) is 8.50. The molecule has 8 nitrogen and oxygen atoms in total. The van der Waals surface area contributed by atoms with Crippen molar-refractivity contribution in [2.45, 2.75) is 18.7 Å². The molecule has 1 N–H and O–H groups in total. The number of amides is 1. The van der Waals surface area contributed by atoms with Gasteiger partial charge in [-0.05, 0) is 36.4 Å². The second-order valence-corrected chi connectivity index (χ2v) is 7.98. The molecule has 0 aliphatic carbocycles. The number of carbonyl (C=O) groups is 1. The topological polar surface area (TPSA) is 97.2 Å². The first-order chi connectivity index (χ1) is 13.9. The largest absolute Gasteiger partial charge is 0.320 e. The van der Waals surface area contributed by atoms with E-state index in [2.05, 4.69) is 15.4 Å². The molecule has 0 fully saturated rings. The summed E-state index contributed by atoms with van der Waals surface area (Å²) in [4.78, 5) is 16.6. The molecule has 0 radical (unpaired) electrons. The lowest BCUT2D eigenvalue weighted by Gasteiger charge is -2.19. The van der Waals surface area contributed by atoms with Crippen LogP contribution in [0.3, 0.4) is 0 Å². The zero-order valence-corrected chi connectivity index (χ0v) is 16.7. The standard InChI is InChI=1S/C19H20FN5O3S/c1-3-24(4-2)29(27,28)15-7-8-17(20)16(12-15)19(26)23-14-6-9-18(21-13-14)25-11-5-10-22-25/h5-13H,3-4H2,1-2H3,(H,23,26). The molecule has 0 saturated heterocycles. The number of sulfonamides is 1. The number of carbonyl (C=O) groups excluding carboxylic acids is 1. The number of aromatic nitrogens is 3. The van der Waals surface area contributed by atoms with Gasteiger partial charge < -0.3 is 5.32 Å². The van der Waals surface area contributed by atoms with E-state index < -0.39 is 21.7 Å². The Morgan fingerprint density at radius 3 is 2.55 bits per heavy atom. The van der Waals surface area contributed by atoms with Crippen LogP contribution in [0, 0.1) is 5.82 Å². The number of anilines is 1. The van der Waals surface area contributed by atoms with Crippen molar-refractivity contribution in [3.8, 4) is 5.82 Å². The van der Waals surface area contributed by atoms with Gasteiger partial charge >= 0.3 is 0 Å². The van der Waals surface area contributed by atoms with Crippen LogP contribution >= 0.6 is 0 Å². The Bertz CT molecular complexity index is 1100. The summed E-state index contributed by atoms with van der Waals surface area (Å²) < 4.78 is 42.3. The van der Waals surface area contributed by atoms with E-state index >= 15 is 0 Å². The molecule has 0 unspecified atom stereocenters. The summed E-state index contributed by atoms with van der Waals surface area (Å²) in [5, 5.41) is 6.58. The van der Waals surface area contributed by atoms with E-state index in [9.17, 15) is 17.6 Å². The zero-order valence-electron chi connectivity index (χ0n) is 15.9. The number of nitrogens with zero attached hydrogens (tertiary/aromatic N) is 4. The van der Waals surface area contributed by atoms with Crippen LogP contribution in [-0.4, -0.2) is 46.5 Å². The first kappa shape index (κ1) is 20.6. The van der Waals surface area contributed by atoms with Gasteiger partial charge in [-0.3, -0.25) is 4.79 Å². The zero-order chi connectivity index (χ0) is 21.0. The molecular weight excluding hydrogens is 397 g/mol. The molecule has 152 valence electrons. The summed E-state index contributed by atoms with van der Waals surface area (Å²) in [5.41, 5.74) is -0.0308. The van der Waals surface area contributed by atoms with Gasteiger partial charge in [0.2, 0.25) is 10.0 Å². The van der Waals surface area contributed by atoms with E-state index in [-0.39, 0.29) is 23.5 Å². The average Bonchev–Trinajstić information content (AvgIpc) is 3.24. The van der Waals surface area contributed by atoms with E-state index in [1.165, 1.54) is 10.5 Å². The van der Waals surface area contributed by atoms with Crippen molar-refractivity contribution in [3.63, 3.8) is 0 Å². The van der Waals surface area contributed by atoms with Crippen LogP contribution in [-0.2, 0) is 10.0 Å². The summed E-state index contributed by atoms with van der Waals surface area (Å²) in [6, 6.07) is 8.16. The summed E-state index contributed by atoms with van der Waals surface area (Å²) in [6.45, 7) is 3.95. The summed E-state index contributed by atoms with van der Waals surface area (Å²) >= 11 is 0. The third-order valence-corrected chi connectivity index (χ3v) is 6.32. The lowest BCUT2D eigenvalue weighted by Crippen LogP contribution is -2.31. The number of halogens is 1. The minimum absolute atomic E-state index is 0.139. The molecule has 29 heavy (non-hydrogen) atoms. The fraction of sp³-hybridized carbons (Fsp3) is 0.211. The fourth-order valence-electron chi connectivity index (χ4n) is 2.75. The number of benzene rings is 1. The van der Waals surface area contributed by atoms with Crippen molar-refractivity contribution in [1.82, 2.24) is 19.1 Å². The quantitative estimate of drug-likeness (QED) is 0.638. The van der Waals surface area contributed by atoms with Crippen molar-refractivity contribution in [3.05, 3.63) is 66.4 Å². The maximum absolute atomic E-state index is 14.2. The first-order valence-electron chi connectivity index (χ1n) is 8.94. The molecule has 0 atom stereocenters. The van der Waals surface area contributed by atoms with Crippen molar-refractivity contribution in [1.29, 1.82) is 0 Å². The maximum atomic E-state index is 14.2. The Morgan fingerprint density at radius 2 is 1.97 bits per heavy atom. The van der Waals surface area contributed by atoms with Gasteiger partial charge in [0.25, 0.3) is 5.91 Å². The molecule has 2 aromatic heterocycles. The van der Waals surface area contributed by atoms with Gasteiger partial charge in [0.15, 0.2) is 5.82 Å². The van der Waals surface area contributed by atoms with Crippen molar-refractivity contribution >= 4 is 21.6 Å². The third-order valence-electron chi connectivity index (χ3n) is 4.27. The maximum Gasteiger partial charge on any atom is 0.258 e. The molecule has 0 aliphatic rings. The van der Waals surface area contributed by atoms with Gasteiger partial charge in [0.1, 0.15) is 5.82 Å². The molecule has 1 amide bonds. The van der Waals surface area contributed by atoms with E-state index in [1.807, 2.05) is 0 Å². The van der Waals surface area contributed by atoms with Crippen LogP contribution in [0.2, 0.25) is 0 Å². The smallest absolute Gasteiger partial charge is 0.258 e. The number of nitrogens with one attached hydrogen (secondary N) is 1. The fourth-order valence-corrected chi connectivity index (χ4v) is 4.23. The Balaban J connectivity index is 1.84. The molecule has 1 aromatic carbocycles. The third kappa shape index (κ3) is 4.33. The summed E-state index contributed by atoms with van der Waals surface area (Å²) in [6.07, 6.45) is 4.74. The molecule has 3 rings (SSSR count). The number of hydrogen-bond acceptors (Lipinski definition) is 5. The molecular formula is C19H20FN5O3S. The van der Waals surface area contributed by atoms with Crippen LogP contribution in [0.25, 0.3) is 5.82 Å². The molecule has 0 saturated carbocycles. The van der Waals surface area contributed by atoms with Crippen LogP contribution < -0.4 is 5.32 Å². The van der Waals surface area contributed by atoms with Crippen LogP contribution in [0.1, 0.15) is 24.2 Å².